The first-order chi connectivity index (χ1) is 15.4. The van der Waals surface area contributed by atoms with Crippen LogP contribution in [0.5, 0.6) is 11.5 Å². The molecule has 1 N–H and O–H groups in total. The van der Waals surface area contributed by atoms with Crippen LogP contribution in [-0.2, 0) is 11.3 Å². The number of piperidine rings is 1. The Bertz CT molecular complexity index is 1020. The molecule has 2 saturated heterocycles. The number of hydrogen-bond donors (Lipinski definition) is 1. The number of ether oxygens (including phenoxy) is 3. The maximum atomic E-state index is 11.3. The lowest BCUT2D eigenvalue weighted by Crippen LogP contribution is -2.55. The van der Waals surface area contributed by atoms with Crippen molar-refractivity contribution in [2.75, 3.05) is 20.2 Å². The number of carboxylic acid groups (broad SMARTS) is 1. The first-order valence-corrected chi connectivity index (χ1v) is 11.4. The molecule has 6 nitrogen and oxygen atoms in total. The van der Waals surface area contributed by atoms with Gasteiger partial charge in [0, 0.05) is 31.1 Å². The summed E-state index contributed by atoms with van der Waals surface area (Å²) in [5, 5.41) is 9.28. The van der Waals surface area contributed by atoms with Crippen molar-refractivity contribution in [1.82, 2.24) is 4.90 Å². The number of aromatic carboxylic acids is 1. The Labute approximate surface area is 189 Å². The van der Waals surface area contributed by atoms with E-state index in [1.807, 2.05) is 24.3 Å². The Morgan fingerprint density at radius 2 is 2.06 bits per heavy atom. The zero-order valence-corrected chi connectivity index (χ0v) is 18.9. The number of rotatable bonds is 4. The lowest BCUT2D eigenvalue weighted by Gasteiger charge is -2.53. The molecule has 0 saturated carbocycles. The van der Waals surface area contributed by atoms with Crippen LogP contribution in [0.25, 0.3) is 0 Å². The number of benzene rings is 2. The minimum absolute atomic E-state index is 0.0175. The molecule has 0 aliphatic carbocycles. The lowest BCUT2D eigenvalue weighted by molar-refractivity contribution is -0.188. The highest BCUT2D eigenvalue weighted by atomic mass is 16.5. The van der Waals surface area contributed by atoms with Crippen LogP contribution in [0.1, 0.15) is 54.3 Å². The van der Waals surface area contributed by atoms with Crippen molar-refractivity contribution in [3.8, 4) is 11.5 Å². The third-order valence-corrected chi connectivity index (χ3v) is 7.37. The van der Waals surface area contributed by atoms with Crippen LogP contribution in [-0.4, -0.2) is 47.9 Å². The number of fused-ring (bicyclic) bond motifs is 4. The Hall–Kier alpha value is -2.57. The van der Waals surface area contributed by atoms with Crippen LogP contribution in [0.3, 0.4) is 0 Å². The summed E-state index contributed by atoms with van der Waals surface area (Å²) in [6.07, 6.45) is 2.27. The van der Waals surface area contributed by atoms with Gasteiger partial charge in [-0.3, -0.25) is 4.90 Å². The normalized spacial score (nSPS) is 28.6. The van der Waals surface area contributed by atoms with Gasteiger partial charge in [0.05, 0.1) is 24.9 Å². The van der Waals surface area contributed by atoms with Gasteiger partial charge in [0.2, 0.25) is 0 Å². The minimum atomic E-state index is -0.881. The summed E-state index contributed by atoms with van der Waals surface area (Å²) in [6, 6.07) is 13.3. The van der Waals surface area contributed by atoms with Crippen LogP contribution in [0.15, 0.2) is 42.5 Å². The molecular formula is C26H31NO5. The second-order valence-corrected chi connectivity index (χ2v) is 9.81. The molecule has 0 unspecified atom stereocenters. The van der Waals surface area contributed by atoms with Gasteiger partial charge in [0.1, 0.15) is 5.60 Å². The summed E-state index contributed by atoms with van der Waals surface area (Å²) in [5.74, 6) is 1.39. The fourth-order valence-corrected chi connectivity index (χ4v) is 5.73. The second kappa shape index (κ2) is 8.09. The highest BCUT2D eigenvalue weighted by molar-refractivity contribution is 5.87. The van der Waals surface area contributed by atoms with E-state index >= 15 is 0 Å². The van der Waals surface area contributed by atoms with E-state index in [0.29, 0.717) is 11.5 Å². The molecule has 0 spiro atoms. The van der Waals surface area contributed by atoms with Crippen molar-refractivity contribution in [2.24, 2.45) is 11.8 Å². The Morgan fingerprint density at radius 1 is 1.25 bits per heavy atom. The molecule has 2 aromatic rings. The summed E-state index contributed by atoms with van der Waals surface area (Å²) in [6.45, 7) is 6.97. The Kier molecular flexibility index (Phi) is 5.38. The number of likely N-dealkylation sites (tertiary alicyclic amines) is 1. The van der Waals surface area contributed by atoms with Crippen LogP contribution >= 0.6 is 0 Å². The third-order valence-electron chi connectivity index (χ3n) is 7.37. The predicted octanol–water partition coefficient (Wildman–Crippen LogP) is 4.53. The molecule has 0 aromatic heterocycles. The van der Waals surface area contributed by atoms with E-state index in [9.17, 15) is 9.90 Å². The molecule has 170 valence electrons. The fraction of sp³-hybridized carbons (Fsp3) is 0.500. The van der Waals surface area contributed by atoms with Crippen LogP contribution in [0, 0.1) is 11.8 Å². The SMILES string of the molecule is COc1cccc2c1OC(C)(C)[C@@H]1C[C@H]3CN(Cc4cccc(C(=O)O)c4)CC[C@H]3O[C@@H]21. The fourth-order valence-electron chi connectivity index (χ4n) is 5.73. The van der Waals surface area contributed by atoms with Gasteiger partial charge in [-0.15, -0.1) is 0 Å². The van der Waals surface area contributed by atoms with E-state index in [1.54, 1.807) is 19.2 Å². The van der Waals surface area contributed by atoms with E-state index in [1.165, 1.54) is 0 Å². The zero-order valence-electron chi connectivity index (χ0n) is 18.9. The van der Waals surface area contributed by atoms with Crippen LogP contribution in [0.4, 0.5) is 0 Å². The standard InChI is InChI=1S/C26H31NO5/c1-26(2)20-13-18-15-27(14-16-6-4-7-17(12-16)25(28)29)11-10-21(18)31-23(20)19-8-5-9-22(30-3)24(19)32-26/h4-9,12,18,20-21,23H,10-11,13-15H2,1-3H3,(H,28,29)/t18-,20+,21+,23-/m0/s1. The van der Waals surface area contributed by atoms with Gasteiger partial charge in [0.15, 0.2) is 11.5 Å². The quantitative estimate of drug-likeness (QED) is 0.758. The number of methoxy groups -OCH3 is 1. The first-order valence-electron chi connectivity index (χ1n) is 11.4. The summed E-state index contributed by atoms with van der Waals surface area (Å²) in [5.41, 5.74) is 2.13. The van der Waals surface area contributed by atoms with Crippen molar-refractivity contribution in [2.45, 2.75) is 51.0 Å². The van der Waals surface area contributed by atoms with Gasteiger partial charge >= 0.3 is 5.97 Å². The molecule has 3 heterocycles. The third kappa shape index (κ3) is 3.76. The number of carbonyl (C=O) groups is 1. The minimum Gasteiger partial charge on any atom is -0.493 e. The number of carboxylic acids is 1. The van der Waals surface area contributed by atoms with Gasteiger partial charge < -0.3 is 19.3 Å². The largest absolute Gasteiger partial charge is 0.493 e. The van der Waals surface area contributed by atoms with Crippen LogP contribution in [0.2, 0.25) is 0 Å². The summed E-state index contributed by atoms with van der Waals surface area (Å²) < 4.78 is 18.8. The summed E-state index contributed by atoms with van der Waals surface area (Å²) in [4.78, 5) is 13.7. The van der Waals surface area contributed by atoms with Crippen molar-refractivity contribution >= 4 is 5.97 Å². The molecule has 32 heavy (non-hydrogen) atoms. The van der Waals surface area contributed by atoms with E-state index in [-0.39, 0.29) is 23.7 Å². The predicted molar refractivity (Wildman–Crippen MR) is 120 cm³/mol. The highest BCUT2D eigenvalue weighted by Gasteiger charge is 2.51. The maximum absolute atomic E-state index is 11.3. The number of hydrogen-bond acceptors (Lipinski definition) is 5. The second-order valence-electron chi connectivity index (χ2n) is 9.81. The van der Waals surface area contributed by atoms with E-state index in [0.717, 1.165) is 55.1 Å². The smallest absolute Gasteiger partial charge is 0.335 e. The Morgan fingerprint density at radius 3 is 2.84 bits per heavy atom. The van der Waals surface area contributed by atoms with Gasteiger partial charge in [0.25, 0.3) is 0 Å². The summed E-state index contributed by atoms with van der Waals surface area (Å²) in [7, 11) is 1.68. The maximum Gasteiger partial charge on any atom is 0.335 e. The molecule has 6 heteroatoms. The molecule has 0 amide bonds. The monoisotopic (exact) mass is 437 g/mol. The van der Waals surface area contributed by atoms with E-state index in [2.05, 4.69) is 24.8 Å². The van der Waals surface area contributed by atoms with Crippen molar-refractivity contribution in [3.63, 3.8) is 0 Å². The molecular weight excluding hydrogens is 406 g/mol. The molecule has 5 rings (SSSR count). The molecule has 2 fully saturated rings. The molecule has 3 aliphatic heterocycles. The number of nitrogens with zero attached hydrogens (tertiary/aromatic N) is 1. The number of para-hydroxylation sites is 1. The van der Waals surface area contributed by atoms with Crippen molar-refractivity contribution in [3.05, 3.63) is 59.2 Å². The molecule has 3 aliphatic rings. The summed E-state index contributed by atoms with van der Waals surface area (Å²) >= 11 is 0. The van der Waals surface area contributed by atoms with Gasteiger partial charge in [-0.1, -0.05) is 24.3 Å². The van der Waals surface area contributed by atoms with Crippen LogP contribution < -0.4 is 9.47 Å². The van der Waals surface area contributed by atoms with E-state index < -0.39 is 5.97 Å². The average molecular weight is 438 g/mol. The van der Waals surface area contributed by atoms with Gasteiger partial charge in [-0.25, -0.2) is 4.79 Å². The Balaban J connectivity index is 1.34. The van der Waals surface area contributed by atoms with E-state index in [4.69, 9.17) is 14.2 Å². The molecule has 0 radical (unpaired) electrons. The highest BCUT2D eigenvalue weighted by Crippen LogP contribution is 2.55. The van der Waals surface area contributed by atoms with Gasteiger partial charge in [-0.2, -0.15) is 0 Å². The first kappa shape index (κ1) is 21.3. The lowest BCUT2D eigenvalue weighted by atomic mass is 9.70. The van der Waals surface area contributed by atoms with Gasteiger partial charge in [-0.05, 0) is 56.4 Å². The van der Waals surface area contributed by atoms with Crippen molar-refractivity contribution < 1.29 is 24.1 Å². The molecule has 4 atom stereocenters. The molecule has 0 bridgehead atoms. The zero-order chi connectivity index (χ0) is 22.5. The topological polar surface area (TPSA) is 68.2 Å². The van der Waals surface area contributed by atoms with Crippen molar-refractivity contribution in [1.29, 1.82) is 0 Å². The average Bonchev–Trinajstić information content (AvgIpc) is 2.78. The molecule has 2 aromatic carbocycles.